The molecule has 0 saturated heterocycles. The maximum Gasteiger partial charge on any atom is 0.341 e. The van der Waals surface area contributed by atoms with E-state index in [0.29, 0.717) is 5.56 Å². The van der Waals surface area contributed by atoms with Gasteiger partial charge in [0.15, 0.2) is 0 Å². The molecular weight excluding hydrogens is 257 g/mol. The molecule has 1 aromatic rings. The minimum absolute atomic E-state index is 0.160. The molecule has 0 aromatic heterocycles. The Bertz CT molecular complexity index is 417. The number of hydrogen-bond donors (Lipinski definition) is 4. The van der Waals surface area contributed by atoms with E-state index in [2.05, 4.69) is 12.2 Å². The van der Waals surface area contributed by atoms with Gasteiger partial charge in [0.1, 0.15) is 0 Å². The molecule has 1 atom stereocenters. The molecule has 0 fully saturated rings. The predicted octanol–water partition coefficient (Wildman–Crippen LogP) is 2.01. The number of thiol groups is 1. The molecular formula is C11H17NO3PS+. The van der Waals surface area contributed by atoms with Crippen LogP contribution in [-0.4, -0.2) is 15.7 Å². The highest BCUT2D eigenvalue weighted by Crippen LogP contribution is 2.67. The summed E-state index contributed by atoms with van der Waals surface area (Å²) < 4.78 is 0. The van der Waals surface area contributed by atoms with Gasteiger partial charge in [-0.1, -0.05) is 38.1 Å². The van der Waals surface area contributed by atoms with Crippen molar-refractivity contribution in [3.05, 3.63) is 35.4 Å². The van der Waals surface area contributed by atoms with Gasteiger partial charge < -0.3 is 5.73 Å². The van der Waals surface area contributed by atoms with E-state index in [9.17, 15) is 14.6 Å². The first-order chi connectivity index (χ1) is 7.75. The van der Waals surface area contributed by atoms with Crippen LogP contribution >= 0.6 is 19.2 Å². The Labute approximate surface area is 107 Å². The zero-order chi connectivity index (χ0) is 13.2. The number of amides is 1. The predicted molar refractivity (Wildman–Crippen MR) is 72.8 cm³/mol. The van der Waals surface area contributed by atoms with Crippen LogP contribution < -0.4 is 5.73 Å². The van der Waals surface area contributed by atoms with Crippen LogP contribution in [0.2, 0.25) is 0 Å². The summed E-state index contributed by atoms with van der Waals surface area (Å²) >= 11 is 3.74. The number of benzene rings is 1. The van der Waals surface area contributed by atoms with E-state index in [1.54, 1.807) is 12.1 Å². The molecule has 0 spiro atoms. The second-order valence-electron chi connectivity index (χ2n) is 4.20. The molecule has 0 saturated carbocycles. The fourth-order valence-corrected chi connectivity index (χ4v) is 3.46. The summed E-state index contributed by atoms with van der Waals surface area (Å²) in [5.74, 6) is -0.612. The van der Waals surface area contributed by atoms with E-state index in [1.807, 2.05) is 26.0 Å². The molecule has 1 aromatic carbocycles. The highest BCUT2D eigenvalue weighted by Gasteiger charge is 2.47. The highest BCUT2D eigenvalue weighted by atomic mass is 32.7. The van der Waals surface area contributed by atoms with Gasteiger partial charge in [0.05, 0.1) is 12.2 Å². The van der Waals surface area contributed by atoms with Gasteiger partial charge in [-0.25, -0.2) is 9.79 Å². The molecule has 0 heterocycles. The zero-order valence-electron chi connectivity index (χ0n) is 9.74. The topological polar surface area (TPSA) is 83.6 Å². The van der Waals surface area contributed by atoms with Crippen molar-refractivity contribution in [2.75, 3.05) is 0 Å². The zero-order valence-corrected chi connectivity index (χ0v) is 11.5. The Hall–Kier alpha value is -0.610. The summed E-state index contributed by atoms with van der Waals surface area (Å²) in [6.45, 7) is 0.275. The molecule has 4 nitrogen and oxygen atoms in total. The van der Waals surface area contributed by atoms with Crippen molar-refractivity contribution in [1.29, 1.82) is 0 Å². The number of carbonyl (C=O) groups is 1. The molecule has 6 heteroatoms. The van der Waals surface area contributed by atoms with Crippen LogP contribution in [0.4, 0.5) is 0 Å². The molecule has 17 heavy (non-hydrogen) atoms. The van der Waals surface area contributed by atoms with E-state index in [4.69, 9.17) is 5.73 Å². The van der Waals surface area contributed by atoms with E-state index < -0.39 is 18.5 Å². The monoisotopic (exact) mass is 274 g/mol. The third kappa shape index (κ3) is 3.42. The van der Waals surface area contributed by atoms with E-state index >= 15 is 0 Å². The van der Waals surface area contributed by atoms with Crippen molar-refractivity contribution < 1.29 is 14.6 Å². The second-order valence-corrected chi connectivity index (χ2v) is 7.72. The van der Waals surface area contributed by atoms with Crippen molar-refractivity contribution in [2.24, 2.45) is 5.73 Å². The summed E-state index contributed by atoms with van der Waals surface area (Å²) in [5.41, 5.74) is 5.51. The maximum absolute atomic E-state index is 11.4. The fourth-order valence-electron chi connectivity index (χ4n) is 1.80. The first-order valence-electron chi connectivity index (χ1n) is 5.20. The standard InChI is InChI=1S/C11H16NO3PS/c1-7(2)8-5-3-4-6-9(8)10(11(12)13)16(14,15)17/h3-7,10,14-15,17H,1-2H3,(H-,12,13)/p+1. The van der Waals surface area contributed by atoms with Crippen molar-refractivity contribution >= 4 is 25.1 Å². The smallest absolute Gasteiger partial charge is 0.341 e. The van der Waals surface area contributed by atoms with E-state index in [-0.39, 0.29) is 5.92 Å². The summed E-state index contributed by atoms with van der Waals surface area (Å²) in [6, 6.07) is 7.10. The van der Waals surface area contributed by atoms with Crippen molar-refractivity contribution in [2.45, 2.75) is 25.4 Å². The summed E-state index contributed by atoms with van der Waals surface area (Å²) in [4.78, 5) is 30.7. The second kappa shape index (κ2) is 5.36. The first kappa shape index (κ1) is 14.5. The first-order valence-corrected chi connectivity index (χ1v) is 8.12. The summed E-state index contributed by atoms with van der Waals surface area (Å²) in [6.07, 6.45) is 0. The Morgan fingerprint density at radius 1 is 1.29 bits per heavy atom. The largest absolute Gasteiger partial charge is 0.366 e. The molecule has 0 aliphatic carbocycles. The van der Waals surface area contributed by atoms with Gasteiger partial charge in [0, 0.05) is 5.56 Å². The Balaban J connectivity index is 3.34. The molecule has 1 rings (SSSR count). The lowest BCUT2D eigenvalue weighted by atomic mass is 9.95. The van der Waals surface area contributed by atoms with Gasteiger partial charge in [-0.3, -0.25) is 4.79 Å². The SMILES string of the molecule is CC(C)c1ccccc1C(C(N)=O)[P+](O)(O)S. The van der Waals surface area contributed by atoms with Crippen LogP contribution in [0.5, 0.6) is 0 Å². The third-order valence-corrected chi connectivity index (χ3v) is 4.45. The number of nitrogens with two attached hydrogens (primary N) is 1. The van der Waals surface area contributed by atoms with Crippen LogP contribution in [0.25, 0.3) is 0 Å². The number of hydrogen-bond acceptors (Lipinski definition) is 4. The van der Waals surface area contributed by atoms with Gasteiger partial charge in [0.2, 0.25) is 5.66 Å². The van der Waals surface area contributed by atoms with Gasteiger partial charge in [0.25, 0.3) is 5.91 Å². The maximum atomic E-state index is 11.4. The number of primary amides is 1. The van der Waals surface area contributed by atoms with Gasteiger partial charge in [-0.05, 0) is 11.5 Å². The van der Waals surface area contributed by atoms with Gasteiger partial charge in [-0.2, -0.15) is 0 Å². The molecule has 0 aliphatic heterocycles. The molecule has 1 amide bonds. The summed E-state index contributed by atoms with van der Waals surface area (Å²) in [5, 5.41) is 0. The lowest BCUT2D eigenvalue weighted by Crippen LogP contribution is -2.23. The lowest BCUT2D eigenvalue weighted by molar-refractivity contribution is -0.117. The Kier molecular flexibility index (Phi) is 4.55. The minimum atomic E-state index is -3.65. The number of rotatable bonds is 4. The van der Waals surface area contributed by atoms with Crippen LogP contribution in [0.15, 0.2) is 24.3 Å². The Morgan fingerprint density at radius 3 is 2.12 bits per heavy atom. The third-order valence-electron chi connectivity index (χ3n) is 2.53. The quantitative estimate of drug-likeness (QED) is 0.500. The lowest BCUT2D eigenvalue weighted by Gasteiger charge is -2.20. The summed E-state index contributed by atoms with van der Waals surface area (Å²) in [7, 11) is 0. The van der Waals surface area contributed by atoms with Crippen LogP contribution in [0, 0.1) is 0 Å². The van der Waals surface area contributed by atoms with Crippen molar-refractivity contribution in [3.8, 4) is 0 Å². The minimum Gasteiger partial charge on any atom is -0.366 e. The molecule has 94 valence electrons. The molecule has 0 aliphatic rings. The van der Waals surface area contributed by atoms with Gasteiger partial charge >= 0.3 is 6.92 Å². The van der Waals surface area contributed by atoms with Crippen LogP contribution in [0.1, 0.15) is 36.6 Å². The van der Waals surface area contributed by atoms with Gasteiger partial charge in [-0.15, -0.1) is 0 Å². The van der Waals surface area contributed by atoms with Crippen molar-refractivity contribution in [1.82, 2.24) is 0 Å². The van der Waals surface area contributed by atoms with Crippen LogP contribution in [-0.2, 0) is 4.79 Å². The highest BCUT2D eigenvalue weighted by molar-refractivity contribution is 8.49. The molecule has 0 radical (unpaired) electrons. The van der Waals surface area contributed by atoms with E-state index in [0.717, 1.165) is 5.56 Å². The van der Waals surface area contributed by atoms with Crippen molar-refractivity contribution in [3.63, 3.8) is 0 Å². The number of carbonyl (C=O) groups excluding carboxylic acids is 1. The van der Waals surface area contributed by atoms with Crippen LogP contribution in [0.3, 0.4) is 0 Å². The Morgan fingerprint density at radius 2 is 1.76 bits per heavy atom. The van der Waals surface area contributed by atoms with E-state index in [1.165, 1.54) is 0 Å². The fraction of sp³-hybridized carbons (Fsp3) is 0.364. The normalized spacial score (nSPS) is 13.8. The molecule has 0 bridgehead atoms. The molecule has 4 N–H and O–H groups in total. The average Bonchev–Trinajstić information content (AvgIpc) is 2.15. The average molecular weight is 274 g/mol. The molecule has 1 unspecified atom stereocenters.